The molecule has 23 heavy (non-hydrogen) atoms. The predicted octanol–water partition coefficient (Wildman–Crippen LogP) is 0.891. The highest BCUT2D eigenvalue weighted by Gasteiger charge is 2.23. The maximum absolute atomic E-state index is 11.2. The van der Waals surface area contributed by atoms with E-state index in [2.05, 4.69) is 8.83 Å². The van der Waals surface area contributed by atoms with E-state index in [0.29, 0.717) is 13.0 Å². The van der Waals surface area contributed by atoms with E-state index in [1.165, 1.54) is 12.2 Å². The lowest BCUT2D eigenvalue weighted by atomic mass is 10.2. The fraction of sp³-hybridized carbons (Fsp3) is 0.778. The van der Waals surface area contributed by atoms with Gasteiger partial charge in [-0.2, -0.15) is 0 Å². The number of phosphoric acid groups is 2. The Hall–Kier alpha value is -0.200. The van der Waals surface area contributed by atoms with Crippen LogP contribution in [0.1, 0.15) is 26.2 Å². The molecule has 0 aromatic carbocycles. The maximum Gasteiger partial charge on any atom is 0.274 e. The van der Waals surface area contributed by atoms with Crippen LogP contribution in [0.3, 0.4) is 0 Å². The molecule has 1 saturated heterocycles. The number of hydrogen-bond donors (Lipinski definition) is 3. The number of phosphoric ester groups is 1. The zero-order valence-electron chi connectivity index (χ0n) is 13.7. The average molecular weight is 383 g/mol. The van der Waals surface area contributed by atoms with Gasteiger partial charge in [-0.1, -0.05) is 6.08 Å². The predicted molar refractivity (Wildman–Crippen MR) is 78.6 cm³/mol. The van der Waals surface area contributed by atoms with Crippen molar-refractivity contribution in [3.05, 3.63) is 12.2 Å². The van der Waals surface area contributed by atoms with Crippen LogP contribution in [0.15, 0.2) is 12.2 Å². The topological polar surface area (TPSA) is 250 Å². The quantitative estimate of drug-likeness (QED) is 0.320. The van der Waals surface area contributed by atoms with Crippen LogP contribution in [0.2, 0.25) is 0 Å². The Morgan fingerprint density at radius 2 is 1.78 bits per heavy atom. The highest BCUT2D eigenvalue weighted by atomic mass is 31.3. The lowest BCUT2D eigenvalue weighted by Gasteiger charge is -2.36. The molecular formula is C9H27N3O9P2. The van der Waals surface area contributed by atoms with Gasteiger partial charge in [-0.15, -0.1) is 0 Å². The van der Waals surface area contributed by atoms with Gasteiger partial charge in [0.25, 0.3) is 7.82 Å². The van der Waals surface area contributed by atoms with Gasteiger partial charge >= 0.3 is 0 Å². The van der Waals surface area contributed by atoms with Gasteiger partial charge in [-0.3, -0.25) is 13.4 Å². The van der Waals surface area contributed by atoms with Crippen LogP contribution in [0, 0.1) is 0 Å². The van der Waals surface area contributed by atoms with E-state index in [4.69, 9.17) is 9.47 Å². The minimum Gasteiger partial charge on any atom is -0.790 e. The van der Waals surface area contributed by atoms with Crippen molar-refractivity contribution in [1.82, 2.24) is 18.5 Å². The first-order valence-corrected chi connectivity index (χ1v) is 8.77. The fourth-order valence-electron chi connectivity index (χ4n) is 1.50. The molecule has 12 N–H and O–H groups in total. The molecule has 1 heterocycles. The van der Waals surface area contributed by atoms with Crippen molar-refractivity contribution in [2.45, 2.75) is 38.8 Å². The molecule has 3 atom stereocenters. The normalized spacial score (nSPS) is 22.2. The van der Waals surface area contributed by atoms with Gasteiger partial charge in [-0.25, -0.2) is 0 Å². The summed E-state index contributed by atoms with van der Waals surface area (Å²) in [6.07, 6.45) is 2.80. The molecule has 1 rings (SSSR count). The zero-order valence-corrected chi connectivity index (χ0v) is 15.5. The van der Waals surface area contributed by atoms with E-state index >= 15 is 0 Å². The minimum absolute atomic E-state index is 0. The molecule has 1 aliphatic heterocycles. The summed E-state index contributed by atoms with van der Waals surface area (Å²) in [5, 5.41) is 0. The molecule has 0 spiro atoms. The Morgan fingerprint density at radius 1 is 1.17 bits per heavy atom. The Morgan fingerprint density at radius 3 is 2.22 bits per heavy atom. The molecule has 3 unspecified atom stereocenters. The number of rotatable bonds is 7. The fourth-order valence-corrected chi connectivity index (χ4v) is 3.01. The van der Waals surface area contributed by atoms with Crippen molar-refractivity contribution in [3.63, 3.8) is 0 Å². The molecule has 0 aromatic rings. The van der Waals surface area contributed by atoms with Crippen LogP contribution in [0.4, 0.5) is 0 Å². The van der Waals surface area contributed by atoms with Gasteiger partial charge in [0.15, 0.2) is 12.6 Å². The third-order valence-electron chi connectivity index (χ3n) is 2.21. The van der Waals surface area contributed by atoms with Crippen LogP contribution in [-0.4, -0.2) is 19.2 Å². The molecule has 0 saturated carbocycles. The molecule has 0 aromatic heterocycles. The Kier molecular flexibility index (Phi) is 14.7. The SMILES string of the molecule is CC=CC(OC1CCCCO1)OP(=O)([O-])OP(=O)([O-])[O-].[NH4+].[NH4+].[NH4+]. The van der Waals surface area contributed by atoms with Gasteiger partial charge in [0.05, 0.1) is 7.82 Å². The summed E-state index contributed by atoms with van der Waals surface area (Å²) in [4.78, 5) is 31.8. The average Bonchev–Trinajstić information content (AvgIpc) is 2.26. The summed E-state index contributed by atoms with van der Waals surface area (Å²) in [6.45, 7) is 2.04. The zero-order chi connectivity index (χ0) is 15.2. The van der Waals surface area contributed by atoms with Crippen LogP contribution < -0.4 is 33.1 Å². The van der Waals surface area contributed by atoms with E-state index in [1.807, 2.05) is 0 Å². The van der Waals surface area contributed by atoms with Crippen molar-refractivity contribution in [1.29, 1.82) is 0 Å². The lowest BCUT2D eigenvalue weighted by Crippen LogP contribution is -2.29. The Bertz CT molecular complexity index is 424. The van der Waals surface area contributed by atoms with Crippen LogP contribution >= 0.6 is 15.6 Å². The van der Waals surface area contributed by atoms with Gasteiger partial charge < -0.3 is 47.2 Å². The molecule has 1 aliphatic rings. The second-order valence-corrected chi connectivity index (χ2v) is 6.56. The summed E-state index contributed by atoms with van der Waals surface area (Å²) in [5.74, 6) is 0. The van der Waals surface area contributed by atoms with Crippen molar-refractivity contribution in [3.8, 4) is 0 Å². The minimum atomic E-state index is -5.72. The molecule has 0 bridgehead atoms. The molecule has 0 radical (unpaired) electrons. The Balaban J connectivity index is -0.00000133. The van der Waals surface area contributed by atoms with E-state index < -0.39 is 28.2 Å². The number of allylic oxidation sites excluding steroid dienone is 1. The van der Waals surface area contributed by atoms with Gasteiger partial charge in [0.1, 0.15) is 0 Å². The summed E-state index contributed by atoms with van der Waals surface area (Å²) in [6, 6.07) is 0. The monoisotopic (exact) mass is 383 g/mol. The van der Waals surface area contributed by atoms with Crippen LogP contribution in [0.5, 0.6) is 0 Å². The third kappa shape index (κ3) is 12.8. The van der Waals surface area contributed by atoms with E-state index in [9.17, 15) is 23.8 Å². The number of hydrogen-bond acceptors (Lipinski definition) is 9. The summed E-state index contributed by atoms with van der Waals surface area (Å²) in [7, 11) is -11.1. The van der Waals surface area contributed by atoms with Crippen LogP contribution in [-0.2, 0) is 27.4 Å². The first kappa shape index (κ1) is 27.6. The standard InChI is InChI=1S/C9H18O9P2.3H3N/c1-2-5-9(16-8-6-3-4-7-15-8)17-20(13,14)18-19(10,11)12;;;/h2,5,8-9H,3-4,6-7H2,1H3,(H,13,14)(H2,10,11,12);3*1H3. The van der Waals surface area contributed by atoms with Crippen LogP contribution in [0.25, 0.3) is 0 Å². The molecule has 142 valence electrons. The van der Waals surface area contributed by atoms with E-state index in [1.54, 1.807) is 6.92 Å². The number of quaternary nitrogens is 3. The smallest absolute Gasteiger partial charge is 0.274 e. The van der Waals surface area contributed by atoms with Crippen molar-refractivity contribution >= 4 is 15.6 Å². The van der Waals surface area contributed by atoms with Crippen molar-refractivity contribution in [2.24, 2.45) is 0 Å². The molecule has 0 aliphatic carbocycles. The maximum atomic E-state index is 11.2. The van der Waals surface area contributed by atoms with E-state index in [-0.39, 0.29) is 18.5 Å². The van der Waals surface area contributed by atoms with Crippen molar-refractivity contribution < 1.29 is 42.1 Å². The second kappa shape index (κ2) is 12.2. The molecular weight excluding hydrogens is 356 g/mol. The van der Waals surface area contributed by atoms with Gasteiger partial charge in [0, 0.05) is 6.61 Å². The van der Waals surface area contributed by atoms with Gasteiger partial charge in [-0.05, 0) is 32.3 Å². The molecule has 1 fully saturated rings. The lowest BCUT2D eigenvalue weighted by molar-refractivity contribution is -0.341. The Labute approximate surface area is 134 Å². The van der Waals surface area contributed by atoms with E-state index in [0.717, 1.165) is 12.8 Å². The first-order valence-electron chi connectivity index (χ1n) is 5.84. The molecule has 0 amide bonds. The van der Waals surface area contributed by atoms with Crippen molar-refractivity contribution in [2.75, 3.05) is 6.61 Å². The third-order valence-corrected chi connectivity index (χ3v) is 4.27. The second-order valence-electron chi connectivity index (χ2n) is 3.91. The highest BCUT2D eigenvalue weighted by Crippen LogP contribution is 2.51. The summed E-state index contributed by atoms with van der Waals surface area (Å²) in [5.41, 5.74) is 0. The summed E-state index contributed by atoms with van der Waals surface area (Å²) >= 11 is 0. The molecule has 14 heteroatoms. The first-order chi connectivity index (χ1) is 9.22. The highest BCUT2D eigenvalue weighted by molar-refractivity contribution is 7.58. The molecule has 12 nitrogen and oxygen atoms in total. The number of ether oxygens (including phenoxy) is 2. The summed E-state index contributed by atoms with van der Waals surface area (Å²) < 4.78 is 39.7. The largest absolute Gasteiger partial charge is 0.790 e. The van der Waals surface area contributed by atoms with Gasteiger partial charge in [0.2, 0.25) is 0 Å².